The van der Waals surface area contributed by atoms with Gasteiger partial charge in [0, 0.05) is 65.4 Å². The highest BCUT2D eigenvalue weighted by atomic mass is 16.7. The summed E-state index contributed by atoms with van der Waals surface area (Å²) < 4.78 is 22.6. The highest BCUT2D eigenvalue weighted by Crippen LogP contribution is 2.33. The quantitative estimate of drug-likeness (QED) is 0.464. The number of piperazine rings is 1. The highest BCUT2D eigenvalue weighted by Gasteiger charge is 2.24. The molecule has 0 N–H and O–H groups in total. The standard InChI is InChI=1S/C27H36N4O5/c1-2-7-28-10-12-31(13-11-28)27(32)25-6-4-23(36-25)20-30(9-8-29-14-16-33-17-15-29)19-22-3-5-24-26(18-22)35-21-34-24/h2-6,18H,1,7-17,19-21H2. The Morgan fingerprint density at radius 2 is 1.75 bits per heavy atom. The molecule has 9 heteroatoms. The maximum absolute atomic E-state index is 13.0. The zero-order valence-electron chi connectivity index (χ0n) is 20.9. The fourth-order valence-electron chi connectivity index (χ4n) is 4.89. The van der Waals surface area contributed by atoms with Crippen molar-refractivity contribution >= 4 is 5.91 Å². The van der Waals surface area contributed by atoms with Crippen LogP contribution >= 0.6 is 0 Å². The number of ether oxygens (including phenoxy) is 3. The van der Waals surface area contributed by atoms with Crippen LogP contribution in [0.25, 0.3) is 0 Å². The summed E-state index contributed by atoms with van der Waals surface area (Å²) in [6.07, 6.45) is 1.91. The van der Waals surface area contributed by atoms with Crippen molar-refractivity contribution in [2.45, 2.75) is 13.1 Å². The van der Waals surface area contributed by atoms with Crippen LogP contribution in [0.2, 0.25) is 0 Å². The van der Waals surface area contributed by atoms with Gasteiger partial charge in [0.15, 0.2) is 17.3 Å². The summed E-state index contributed by atoms with van der Waals surface area (Å²) in [5.74, 6) is 2.76. The van der Waals surface area contributed by atoms with E-state index in [4.69, 9.17) is 18.6 Å². The number of fused-ring (bicyclic) bond motifs is 1. The second kappa shape index (κ2) is 11.9. The third-order valence-electron chi connectivity index (χ3n) is 6.98. The van der Waals surface area contributed by atoms with Gasteiger partial charge in [0.2, 0.25) is 6.79 Å². The molecule has 0 bridgehead atoms. The number of rotatable bonds is 10. The van der Waals surface area contributed by atoms with Crippen LogP contribution in [0, 0.1) is 0 Å². The van der Waals surface area contributed by atoms with E-state index in [-0.39, 0.29) is 12.7 Å². The molecule has 1 aromatic carbocycles. The lowest BCUT2D eigenvalue weighted by atomic mass is 10.2. The van der Waals surface area contributed by atoms with Crippen LogP contribution in [0.15, 0.2) is 47.4 Å². The first kappa shape index (κ1) is 24.8. The minimum atomic E-state index is -0.0323. The van der Waals surface area contributed by atoms with Crippen molar-refractivity contribution in [1.82, 2.24) is 19.6 Å². The highest BCUT2D eigenvalue weighted by molar-refractivity contribution is 5.91. The number of carbonyl (C=O) groups is 1. The Hall–Kier alpha value is -2.85. The van der Waals surface area contributed by atoms with Crippen LogP contribution < -0.4 is 9.47 Å². The number of carbonyl (C=O) groups excluding carboxylic acids is 1. The summed E-state index contributed by atoms with van der Waals surface area (Å²) >= 11 is 0. The second-order valence-electron chi connectivity index (χ2n) is 9.50. The van der Waals surface area contributed by atoms with Crippen molar-refractivity contribution in [3.05, 3.63) is 60.1 Å². The SMILES string of the molecule is C=CCN1CCN(C(=O)c2ccc(CN(CCN3CCOCC3)Cc3ccc4c(c3)OCO4)o2)CC1. The molecule has 2 saturated heterocycles. The Morgan fingerprint density at radius 3 is 2.56 bits per heavy atom. The maximum atomic E-state index is 13.0. The minimum Gasteiger partial charge on any atom is -0.455 e. The minimum absolute atomic E-state index is 0.0323. The molecule has 0 saturated carbocycles. The lowest BCUT2D eigenvalue weighted by Gasteiger charge is -2.33. The summed E-state index contributed by atoms with van der Waals surface area (Å²) in [5, 5.41) is 0. The molecular weight excluding hydrogens is 460 g/mol. The van der Waals surface area contributed by atoms with Crippen molar-refractivity contribution in [2.24, 2.45) is 0 Å². The van der Waals surface area contributed by atoms with Gasteiger partial charge in [-0.25, -0.2) is 0 Å². The summed E-state index contributed by atoms with van der Waals surface area (Å²) in [4.78, 5) is 22.0. The van der Waals surface area contributed by atoms with Crippen molar-refractivity contribution in [3.8, 4) is 11.5 Å². The normalized spacial score (nSPS) is 18.6. The molecule has 9 nitrogen and oxygen atoms in total. The molecule has 2 aromatic rings. The van der Waals surface area contributed by atoms with E-state index < -0.39 is 0 Å². The fourth-order valence-corrected chi connectivity index (χ4v) is 4.89. The maximum Gasteiger partial charge on any atom is 0.289 e. The predicted octanol–water partition coefficient (Wildman–Crippen LogP) is 2.29. The Labute approximate surface area is 212 Å². The van der Waals surface area contributed by atoms with Gasteiger partial charge in [-0.1, -0.05) is 12.1 Å². The molecule has 0 radical (unpaired) electrons. The average Bonchev–Trinajstić information content (AvgIpc) is 3.57. The number of morpholine rings is 1. The summed E-state index contributed by atoms with van der Waals surface area (Å²) in [6.45, 7) is 14.7. The molecule has 1 amide bonds. The Balaban J connectivity index is 1.22. The Kier molecular flexibility index (Phi) is 8.22. The summed E-state index contributed by atoms with van der Waals surface area (Å²) in [5.41, 5.74) is 1.15. The van der Waals surface area contributed by atoms with Gasteiger partial charge >= 0.3 is 0 Å². The molecule has 3 aliphatic heterocycles. The van der Waals surface area contributed by atoms with Crippen LogP contribution in [-0.4, -0.2) is 104 Å². The molecule has 2 fully saturated rings. The summed E-state index contributed by atoms with van der Waals surface area (Å²) in [6, 6.07) is 9.85. The predicted molar refractivity (Wildman–Crippen MR) is 135 cm³/mol. The monoisotopic (exact) mass is 496 g/mol. The number of benzene rings is 1. The second-order valence-corrected chi connectivity index (χ2v) is 9.50. The van der Waals surface area contributed by atoms with Crippen molar-refractivity contribution < 1.29 is 23.4 Å². The molecule has 1 aromatic heterocycles. The molecule has 0 atom stereocenters. The first-order chi connectivity index (χ1) is 17.7. The zero-order valence-corrected chi connectivity index (χ0v) is 20.9. The van der Waals surface area contributed by atoms with Crippen LogP contribution in [0.1, 0.15) is 21.9 Å². The molecule has 0 spiro atoms. The number of nitrogens with zero attached hydrogens (tertiary/aromatic N) is 4. The van der Waals surface area contributed by atoms with Crippen LogP contribution in [-0.2, 0) is 17.8 Å². The van der Waals surface area contributed by atoms with Gasteiger partial charge in [-0.3, -0.25) is 19.5 Å². The van der Waals surface area contributed by atoms with Gasteiger partial charge in [0.05, 0.1) is 19.8 Å². The van der Waals surface area contributed by atoms with E-state index in [2.05, 4.69) is 27.3 Å². The lowest BCUT2D eigenvalue weighted by molar-refractivity contribution is 0.0321. The van der Waals surface area contributed by atoms with E-state index in [0.29, 0.717) is 25.4 Å². The molecule has 3 aliphatic rings. The molecule has 4 heterocycles. The van der Waals surface area contributed by atoms with Crippen molar-refractivity contribution in [1.29, 1.82) is 0 Å². The smallest absolute Gasteiger partial charge is 0.289 e. The molecule has 5 rings (SSSR count). The number of amides is 1. The van der Waals surface area contributed by atoms with E-state index in [0.717, 1.165) is 88.4 Å². The van der Waals surface area contributed by atoms with Crippen LogP contribution in [0.4, 0.5) is 0 Å². The first-order valence-corrected chi connectivity index (χ1v) is 12.8. The van der Waals surface area contributed by atoms with E-state index in [1.54, 1.807) is 0 Å². The largest absolute Gasteiger partial charge is 0.455 e. The third kappa shape index (κ3) is 6.28. The number of furan rings is 1. The number of hydrogen-bond acceptors (Lipinski definition) is 8. The van der Waals surface area contributed by atoms with Gasteiger partial charge < -0.3 is 23.5 Å². The van der Waals surface area contributed by atoms with E-state index >= 15 is 0 Å². The Morgan fingerprint density at radius 1 is 0.944 bits per heavy atom. The van der Waals surface area contributed by atoms with Crippen LogP contribution in [0.5, 0.6) is 11.5 Å². The lowest BCUT2D eigenvalue weighted by Crippen LogP contribution is -2.48. The Bertz CT molecular complexity index is 1030. The van der Waals surface area contributed by atoms with Crippen LogP contribution in [0.3, 0.4) is 0 Å². The van der Waals surface area contributed by atoms with Gasteiger partial charge in [0.25, 0.3) is 5.91 Å². The third-order valence-corrected chi connectivity index (χ3v) is 6.98. The first-order valence-electron chi connectivity index (χ1n) is 12.8. The number of hydrogen-bond donors (Lipinski definition) is 0. The van der Waals surface area contributed by atoms with E-state index in [1.165, 1.54) is 0 Å². The van der Waals surface area contributed by atoms with E-state index in [9.17, 15) is 4.79 Å². The van der Waals surface area contributed by atoms with Crippen molar-refractivity contribution in [3.63, 3.8) is 0 Å². The van der Waals surface area contributed by atoms with Gasteiger partial charge in [-0.05, 0) is 29.8 Å². The molecule has 194 valence electrons. The van der Waals surface area contributed by atoms with E-state index in [1.807, 2.05) is 35.2 Å². The molecule has 36 heavy (non-hydrogen) atoms. The van der Waals surface area contributed by atoms with Gasteiger partial charge in [-0.2, -0.15) is 0 Å². The summed E-state index contributed by atoms with van der Waals surface area (Å²) in [7, 11) is 0. The van der Waals surface area contributed by atoms with Gasteiger partial charge in [0.1, 0.15) is 5.76 Å². The molecular formula is C27H36N4O5. The molecule has 0 unspecified atom stereocenters. The fraction of sp³-hybridized carbons (Fsp3) is 0.519. The average molecular weight is 497 g/mol. The topological polar surface area (TPSA) is 70.9 Å². The van der Waals surface area contributed by atoms with Gasteiger partial charge in [-0.15, -0.1) is 6.58 Å². The van der Waals surface area contributed by atoms with Crippen molar-refractivity contribution in [2.75, 3.05) is 78.9 Å². The zero-order chi connectivity index (χ0) is 24.7. The molecule has 0 aliphatic carbocycles.